The van der Waals surface area contributed by atoms with E-state index in [1.807, 2.05) is 0 Å². The van der Waals surface area contributed by atoms with Crippen LogP contribution in [0.5, 0.6) is 0 Å². The molecule has 330 valence electrons. The Morgan fingerprint density at radius 2 is 1.08 bits per heavy atom. The molecule has 0 amide bonds. The molecule has 0 saturated heterocycles. The smallest absolute Gasteiger partial charge is 0.297 e. The Balaban J connectivity index is 1.28. The summed E-state index contributed by atoms with van der Waals surface area (Å²) in [4.78, 5) is 5.28. The highest BCUT2D eigenvalue weighted by atomic mass is 16.3. The van der Waals surface area contributed by atoms with E-state index in [0.29, 0.717) is 0 Å². The number of rotatable bonds is 2. The molecule has 4 heteroatoms. The van der Waals surface area contributed by atoms with Gasteiger partial charge in [-0.15, -0.1) is 0 Å². The van der Waals surface area contributed by atoms with E-state index in [0.717, 1.165) is 11.2 Å². The second-order valence-electron chi connectivity index (χ2n) is 26.1. The van der Waals surface area contributed by atoms with Crippen molar-refractivity contribution in [3.05, 3.63) is 123 Å². The molecule has 0 N–H and O–H groups in total. The van der Waals surface area contributed by atoms with Crippen LogP contribution in [0.4, 0.5) is 34.1 Å². The van der Waals surface area contributed by atoms with E-state index in [9.17, 15) is 0 Å². The van der Waals surface area contributed by atoms with Crippen LogP contribution < -0.4 is 26.4 Å². The van der Waals surface area contributed by atoms with Gasteiger partial charge in [-0.25, -0.2) is 0 Å². The fraction of sp³-hybridized carbons (Fsp3) is 0.467. The number of nitrogens with zero attached hydrogens (tertiary/aromatic N) is 2. The maximum absolute atomic E-state index is 7.63. The van der Waals surface area contributed by atoms with Gasteiger partial charge in [-0.05, 0) is 181 Å². The first kappa shape index (κ1) is 42.0. The fourth-order valence-electron chi connectivity index (χ4n) is 13.1. The van der Waals surface area contributed by atoms with Gasteiger partial charge in [0.2, 0.25) is 0 Å². The lowest BCUT2D eigenvalue weighted by Crippen LogP contribution is -2.61. The van der Waals surface area contributed by atoms with Crippen LogP contribution in [0.25, 0.3) is 11.0 Å². The third-order valence-electron chi connectivity index (χ3n) is 17.2. The average molecular weight is 847 g/mol. The van der Waals surface area contributed by atoms with Gasteiger partial charge in [-0.3, -0.25) is 0 Å². The molecule has 5 aliphatic rings. The van der Waals surface area contributed by atoms with Crippen LogP contribution >= 0.6 is 0 Å². The van der Waals surface area contributed by atoms with E-state index in [4.69, 9.17) is 4.42 Å². The first-order chi connectivity index (χ1) is 29.7. The molecule has 2 atom stereocenters. The molecule has 2 unspecified atom stereocenters. The third kappa shape index (κ3) is 5.84. The lowest BCUT2D eigenvalue weighted by Gasteiger charge is -2.45. The molecule has 11 rings (SSSR count). The molecule has 3 nitrogen and oxygen atoms in total. The van der Waals surface area contributed by atoms with E-state index < -0.39 is 0 Å². The van der Waals surface area contributed by atoms with E-state index in [1.165, 1.54) is 121 Å². The zero-order valence-corrected chi connectivity index (χ0v) is 41.9. The Morgan fingerprint density at radius 3 is 1.69 bits per heavy atom. The van der Waals surface area contributed by atoms with Gasteiger partial charge in [-0.1, -0.05) is 134 Å². The molecule has 1 fully saturated rings. The van der Waals surface area contributed by atoms with Gasteiger partial charge in [-0.2, -0.15) is 0 Å². The van der Waals surface area contributed by atoms with Crippen molar-refractivity contribution in [1.29, 1.82) is 0 Å². The number of anilines is 6. The minimum Gasteiger partial charge on any atom is -0.468 e. The van der Waals surface area contributed by atoms with Gasteiger partial charge in [0.25, 0.3) is 6.71 Å². The standard InChI is InChI=1S/C60H71BN2O/c1-35-27-36(54(2,3)4)17-21-46(35)63-47-22-18-37(55(5,6)7)28-45(47)61-51-48(29-38(30-49(51)63)56(8,9)10)62(39-19-20-41-42(31-39)58(13,14)24-23-57(41,11)12)52-40-32-43-44(33-50(40)64-53(52)61)60(16)26-25-59(43,15)34-60/h17-22,27-33H,23-26,34H2,1-16H3. The van der Waals surface area contributed by atoms with Crippen molar-refractivity contribution >= 4 is 68.4 Å². The summed E-state index contributed by atoms with van der Waals surface area (Å²) >= 11 is 0. The maximum Gasteiger partial charge on any atom is 0.297 e. The largest absolute Gasteiger partial charge is 0.468 e. The minimum absolute atomic E-state index is 0.0323. The highest BCUT2D eigenvalue weighted by Gasteiger charge is 2.54. The molecule has 64 heavy (non-hydrogen) atoms. The fourth-order valence-corrected chi connectivity index (χ4v) is 13.1. The van der Waals surface area contributed by atoms with Crippen molar-refractivity contribution in [3.63, 3.8) is 0 Å². The van der Waals surface area contributed by atoms with E-state index in [-0.39, 0.29) is 44.6 Å². The van der Waals surface area contributed by atoms with Gasteiger partial charge < -0.3 is 14.2 Å². The van der Waals surface area contributed by atoms with E-state index in [1.54, 1.807) is 5.56 Å². The molecule has 6 aromatic rings. The second-order valence-corrected chi connectivity index (χ2v) is 26.1. The Bertz CT molecular complexity index is 2990. The van der Waals surface area contributed by atoms with Gasteiger partial charge in [0, 0.05) is 33.8 Å². The molecule has 5 aromatic carbocycles. The lowest BCUT2D eigenvalue weighted by atomic mass is 9.35. The van der Waals surface area contributed by atoms with Crippen molar-refractivity contribution < 1.29 is 4.42 Å². The molecular formula is C60H71BN2O. The van der Waals surface area contributed by atoms with Gasteiger partial charge in [0.15, 0.2) is 0 Å². The molecule has 0 radical (unpaired) electrons. The van der Waals surface area contributed by atoms with Crippen molar-refractivity contribution in [2.45, 2.75) is 181 Å². The van der Waals surface area contributed by atoms with E-state index >= 15 is 0 Å². The average Bonchev–Trinajstić information content (AvgIpc) is 3.81. The van der Waals surface area contributed by atoms with Crippen LogP contribution in [0.15, 0.2) is 83.3 Å². The minimum atomic E-state index is -0.107. The van der Waals surface area contributed by atoms with Gasteiger partial charge in [0.1, 0.15) is 5.58 Å². The summed E-state index contributed by atoms with van der Waals surface area (Å²) in [6.45, 7) is 38.2. The van der Waals surface area contributed by atoms with Crippen molar-refractivity contribution in [2.24, 2.45) is 0 Å². The Morgan fingerprint density at radius 1 is 0.516 bits per heavy atom. The second kappa shape index (κ2) is 12.8. The quantitative estimate of drug-likeness (QED) is 0.162. The normalized spacial score (nSPS) is 22.7. The number of benzene rings is 5. The number of fused-ring (bicyclic) bond motifs is 12. The SMILES string of the molecule is Cc1cc(C(C)(C)C)ccc1N1c2ccc(C(C)(C)C)cc2B2c3oc4cc5c(cc4c3N(c3ccc4c(c3)C(C)(C)CCC4(C)C)c3cc(C(C)(C)C)cc1c32)C1(C)CCC5(C)C1. The molecule has 2 aliphatic heterocycles. The molecular weight excluding hydrogens is 775 g/mol. The molecule has 2 bridgehead atoms. The maximum atomic E-state index is 7.63. The zero-order chi connectivity index (χ0) is 45.6. The Kier molecular flexibility index (Phi) is 8.39. The van der Waals surface area contributed by atoms with Crippen LogP contribution in [-0.2, 0) is 37.9 Å². The van der Waals surface area contributed by atoms with Crippen molar-refractivity contribution in [3.8, 4) is 0 Å². The predicted molar refractivity (Wildman–Crippen MR) is 275 cm³/mol. The number of hydrogen-bond donors (Lipinski definition) is 0. The molecule has 1 aromatic heterocycles. The molecule has 3 aliphatic carbocycles. The summed E-state index contributed by atoms with van der Waals surface area (Å²) in [5, 5.41) is 1.25. The van der Waals surface area contributed by atoms with Crippen molar-refractivity contribution in [1.82, 2.24) is 0 Å². The summed E-state index contributed by atoms with van der Waals surface area (Å²) in [7, 11) is 0. The summed E-state index contributed by atoms with van der Waals surface area (Å²) < 4.78 is 7.63. The highest BCUT2D eigenvalue weighted by molar-refractivity contribution is 7.00. The predicted octanol–water partition coefficient (Wildman–Crippen LogP) is 14.8. The highest BCUT2D eigenvalue weighted by Crippen LogP contribution is 2.62. The number of aryl methyl sites for hydroxylation is 1. The van der Waals surface area contributed by atoms with Crippen LogP contribution in [0.3, 0.4) is 0 Å². The number of furan rings is 1. The summed E-state index contributed by atoms with van der Waals surface area (Å²) in [6, 6.07) is 32.2. The molecule has 1 saturated carbocycles. The summed E-state index contributed by atoms with van der Waals surface area (Å²) in [5.74, 6) is 0. The molecule has 0 spiro atoms. The topological polar surface area (TPSA) is 19.6 Å². The van der Waals surface area contributed by atoms with Crippen LogP contribution in [0, 0.1) is 6.92 Å². The van der Waals surface area contributed by atoms with E-state index in [2.05, 4.69) is 199 Å². The van der Waals surface area contributed by atoms with Gasteiger partial charge in [0.05, 0.1) is 11.3 Å². The van der Waals surface area contributed by atoms with Crippen molar-refractivity contribution in [2.75, 3.05) is 9.80 Å². The Labute approximate surface area is 385 Å². The monoisotopic (exact) mass is 847 g/mol. The van der Waals surface area contributed by atoms with Crippen LogP contribution in [0.1, 0.15) is 180 Å². The van der Waals surface area contributed by atoms with Crippen LogP contribution in [-0.4, -0.2) is 6.71 Å². The third-order valence-corrected chi connectivity index (χ3v) is 17.2. The summed E-state index contributed by atoms with van der Waals surface area (Å²) in [6.07, 6.45) is 6.09. The first-order valence-electron chi connectivity index (χ1n) is 24.5. The first-order valence-corrected chi connectivity index (χ1v) is 24.5. The van der Waals surface area contributed by atoms with Gasteiger partial charge >= 0.3 is 0 Å². The summed E-state index contributed by atoms with van der Waals surface area (Å²) in [5.41, 5.74) is 24.0. The van der Waals surface area contributed by atoms with Crippen LogP contribution in [0.2, 0.25) is 0 Å². The molecule has 3 heterocycles. The lowest BCUT2D eigenvalue weighted by molar-refractivity contribution is 0.332. The Hall–Kier alpha value is -4.70. The zero-order valence-electron chi connectivity index (χ0n) is 41.9. The number of hydrogen-bond acceptors (Lipinski definition) is 3.